The SMILES string of the molecule is CCC(CC)(CN)NC(=O)Cc1cc(OC)c(OC)c(OC)c1. The first-order valence-electron chi connectivity index (χ1n) is 7.79. The van der Waals surface area contributed by atoms with E-state index < -0.39 is 0 Å². The van der Waals surface area contributed by atoms with E-state index in [-0.39, 0.29) is 17.9 Å². The van der Waals surface area contributed by atoms with E-state index in [1.807, 2.05) is 13.8 Å². The minimum atomic E-state index is -0.349. The number of carbonyl (C=O) groups excluding carboxylic acids is 1. The Morgan fingerprint density at radius 3 is 1.96 bits per heavy atom. The first kappa shape index (κ1) is 19.1. The van der Waals surface area contributed by atoms with Crippen molar-refractivity contribution in [2.45, 2.75) is 38.6 Å². The smallest absolute Gasteiger partial charge is 0.224 e. The van der Waals surface area contributed by atoms with Crippen LogP contribution in [0.5, 0.6) is 17.2 Å². The quantitative estimate of drug-likeness (QED) is 0.725. The number of carbonyl (C=O) groups is 1. The number of hydrogen-bond acceptors (Lipinski definition) is 5. The fourth-order valence-electron chi connectivity index (χ4n) is 2.53. The topological polar surface area (TPSA) is 82.8 Å². The fraction of sp³-hybridized carbons (Fsp3) is 0.588. The highest BCUT2D eigenvalue weighted by molar-refractivity contribution is 5.80. The van der Waals surface area contributed by atoms with Crippen molar-refractivity contribution in [2.24, 2.45) is 5.73 Å². The van der Waals surface area contributed by atoms with Gasteiger partial charge in [0.1, 0.15) is 0 Å². The Kier molecular flexibility index (Phi) is 7.16. The van der Waals surface area contributed by atoms with Gasteiger partial charge in [0.15, 0.2) is 11.5 Å². The van der Waals surface area contributed by atoms with Crippen LogP contribution in [0.15, 0.2) is 12.1 Å². The minimum absolute atomic E-state index is 0.0755. The molecule has 130 valence electrons. The van der Waals surface area contributed by atoms with Gasteiger partial charge in [-0.3, -0.25) is 4.79 Å². The van der Waals surface area contributed by atoms with Gasteiger partial charge in [0.2, 0.25) is 11.7 Å². The second kappa shape index (κ2) is 8.62. The molecular weight excluding hydrogens is 296 g/mol. The third-order valence-electron chi connectivity index (χ3n) is 4.24. The Hall–Kier alpha value is -1.95. The van der Waals surface area contributed by atoms with Crippen LogP contribution in [0.4, 0.5) is 0 Å². The third kappa shape index (κ3) is 4.51. The minimum Gasteiger partial charge on any atom is -0.493 e. The molecule has 0 aliphatic heterocycles. The van der Waals surface area contributed by atoms with Gasteiger partial charge in [0.25, 0.3) is 0 Å². The summed E-state index contributed by atoms with van der Waals surface area (Å²) in [5.41, 5.74) is 6.27. The summed E-state index contributed by atoms with van der Waals surface area (Å²) in [4.78, 5) is 12.4. The molecule has 0 heterocycles. The van der Waals surface area contributed by atoms with Crippen LogP contribution in [0.2, 0.25) is 0 Å². The second-order valence-electron chi connectivity index (χ2n) is 5.45. The number of benzene rings is 1. The molecule has 0 atom stereocenters. The first-order valence-corrected chi connectivity index (χ1v) is 7.79. The molecule has 6 heteroatoms. The Balaban J connectivity index is 2.98. The Morgan fingerprint density at radius 2 is 1.61 bits per heavy atom. The highest BCUT2D eigenvalue weighted by Gasteiger charge is 2.26. The lowest BCUT2D eigenvalue weighted by atomic mass is 9.92. The van der Waals surface area contributed by atoms with E-state index in [4.69, 9.17) is 19.9 Å². The summed E-state index contributed by atoms with van der Waals surface area (Å²) in [5.74, 6) is 1.50. The standard InChI is InChI=1S/C17H28N2O4/c1-6-17(7-2,11-18)19-15(20)10-12-8-13(21-3)16(23-5)14(9-12)22-4/h8-9H,6-7,10-11,18H2,1-5H3,(H,19,20). The summed E-state index contributed by atoms with van der Waals surface area (Å²) in [6.45, 7) is 4.47. The zero-order valence-electron chi connectivity index (χ0n) is 14.7. The lowest BCUT2D eigenvalue weighted by molar-refractivity contribution is -0.122. The highest BCUT2D eigenvalue weighted by atomic mass is 16.5. The van der Waals surface area contributed by atoms with Gasteiger partial charge < -0.3 is 25.3 Å². The van der Waals surface area contributed by atoms with Crippen molar-refractivity contribution in [1.29, 1.82) is 0 Å². The van der Waals surface area contributed by atoms with Crippen molar-refractivity contribution in [2.75, 3.05) is 27.9 Å². The van der Waals surface area contributed by atoms with Gasteiger partial charge in [0.05, 0.1) is 33.3 Å². The molecule has 0 radical (unpaired) electrons. The molecule has 0 saturated heterocycles. The summed E-state index contributed by atoms with van der Waals surface area (Å²) in [7, 11) is 4.65. The maximum Gasteiger partial charge on any atom is 0.224 e. The molecule has 0 spiro atoms. The van der Waals surface area contributed by atoms with Gasteiger partial charge in [-0.15, -0.1) is 0 Å². The van der Waals surface area contributed by atoms with Gasteiger partial charge >= 0.3 is 0 Å². The van der Waals surface area contributed by atoms with Crippen LogP contribution in [-0.4, -0.2) is 39.3 Å². The molecule has 0 fully saturated rings. The number of nitrogens with two attached hydrogens (primary N) is 1. The van der Waals surface area contributed by atoms with E-state index in [1.165, 1.54) is 0 Å². The monoisotopic (exact) mass is 324 g/mol. The van der Waals surface area contributed by atoms with Crippen molar-refractivity contribution in [3.05, 3.63) is 17.7 Å². The predicted octanol–water partition coefficient (Wildman–Crippen LogP) is 1.89. The number of methoxy groups -OCH3 is 3. The van der Waals surface area contributed by atoms with Crippen LogP contribution in [0.25, 0.3) is 0 Å². The number of hydrogen-bond donors (Lipinski definition) is 2. The maximum absolute atomic E-state index is 12.4. The van der Waals surface area contributed by atoms with E-state index in [1.54, 1.807) is 33.5 Å². The van der Waals surface area contributed by atoms with Gasteiger partial charge in [-0.1, -0.05) is 13.8 Å². The lowest BCUT2D eigenvalue weighted by Gasteiger charge is -2.31. The zero-order chi connectivity index (χ0) is 17.5. The molecule has 1 aromatic carbocycles. The van der Waals surface area contributed by atoms with Crippen LogP contribution in [0, 0.1) is 0 Å². The number of ether oxygens (including phenoxy) is 3. The van der Waals surface area contributed by atoms with Crippen LogP contribution in [-0.2, 0) is 11.2 Å². The molecule has 1 amide bonds. The largest absolute Gasteiger partial charge is 0.493 e. The van der Waals surface area contributed by atoms with E-state index in [0.717, 1.165) is 18.4 Å². The first-order chi connectivity index (χ1) is 11.0. The van der Waals surface area contributed by atoms with E-state index >= 15 is 0 Å². The van der Waals surface area contributed by atoms with Crippen LogP contribution >= 0.6 is 0 Å². The summed E-state index contributed by atoms with van der Waals surface area (Å²) < 4.78 is 15.9. The van der Waals surface area contributed by atoms with E-state index in [2.05, 4.69) is 5.32 Å². The van der Waals surface area contributed by atoms with Crippen molar-refractivity contribution in [3.8, 4) is 17.2 Å². The summed E-state index contributed by atoms with van der Waals surface area (Å²) >= 11 is 0. The van der Waals surface area contributed by atoms with Crippen LogP contribution in [0.1, 0.15) is 32.3 Å². The van der Waals surface area contributed by atoms with E-state index in [0.29, 0.717) is 23.8 Å². The molecule has 6 nitrogen and oxygen atoms in total. The highest BCUT2D eigenvalue weighted by Crippen LogP contribution is 2.38. The molecule has 3 N–H and O–H groups in total. The molecule has 0 aliphatic carbocycles. The molecular formula is C17H28N2O4. The third-order valence-corrected chi connectivity index (χ3v) is 4.24. The lowest BCUT2D eigenvalue weighted by Crippen LogP contribution is -2.53. The van der Waals surface area contributed by atoms with Gasteiger partial charge in [-0.2, -0.15) is 0 Å². The van der Waals surface area contributed by atoms with Gasteiger partial charge in [0, 0.05) is 6.54 Å². The molecule has 1 aromatic rings. The number of rotatable bonds is 9. The molecule has 1 rings (SSSR count). The normalized spacial score (nSPS) is 11.0. The average Bonchev–Trinajstić information content (AvgIpc) is 2.58. The van der Waals surface area contributed by atoms with Crippen molar-refractivity contribution in [1.82, 2.24) is 5.32 Å². The number of nitrogens with one attached hydrogen (secondary N) is 1. The molecule has 0 aromatic heterocycles. The summed E-state index contributed by atoms with van der Waals surface area (Å²) in [5, 5.41) is 3.05. The molecule has 0 unspecified atom stereocenters. The molecule has 0 saturated carbocycles. The fourth-order valence-corrected chi connectivity index (χ4v) is 2.53. The summed E-state index contributed by atoms with van der Waals surface area (Å²) in [6, 6.07) is 3.56. The Bertz CT molecular complexity index is 494. The van der Waals surface area contributed by atoms with Gasteiger partial charge in [-0.25, -0.2) is 0 Å². The zero-order valence-corrected chi connectivity index (χ0v) is 14.7. The summed E-state index contributed by atoms with van der Waals surface area (Å²) in [6.07, 6.45) is 1.81. The molecule has 0 aliphatic rings. The maximum atomic E-state index is 12.4. The van der Waals surface area contributed by atoms with Crippen molar-refractivity contribution < 1.29 is 19.0 Å². The van der Waals surface area contributed by atoms with Crippen LogP contribution in [0.3, 0.4) is 0 Å². The van der Waals surface area contributed by atoms with E-state index in [9.17, 15) is 4.79 Å². The second-order valence-corrected chi connectivity index (χ2v) is 5.45. The van der Waals surface area contributed by atoms with Crippen molar-refractivity contribution in [3.63, 3.8) is 0 Å². The van der Waals surface area contributed by atoms with Crippen LogP contribution < -0.4 is 25.3 Å². The number of amides is 1. The van der Waals surface area contributed by atoms with Gasteiger partial charge in [-0.05, 0) is 30.5 Å². The average molecular weight is 324 g/mol. The molecule has 23 heavy (non-hydrogen) atoms. The molecule has 0 bridgehead atoms. The van der Waals surface area contributed by atoms with Crippen molar-refractivity contribution >= 4 is 5.91 Å². The predicted molar refractivity (Wildman–Crippen MR) is 90.3 cm³/mol. The Labute approximate surface area is 138 Å². The Morgan fingerprint density at radius 1 is 1.09 bits per heavy atom.